The van der Waals surface area contributed by atoms with E-state index < -0.39 is 6.17 Å². The summed E-state index contributed by atoms with van der Waals surface area (Å²) in [6.45, 7) is 3.45. The molecule has 27 heavy (non-hydrogen) atoms. The van der Waals surface area contributed by atoms with Crippen molar-refractivity contribution >= 4 is 40.6 Å². The highest BCUT2D eigenvalue weighted by molar-refractivity contribution is 6.33. The van der Waals surface area contributed by atoms with E-state index in [1.54, 1.807) is 18.2 Å². The topological polar surface area (TPSA) is 78.9 Å². The minimum Gasteiger partial charge on any atom is -0.351 e. The molecule has 0 unspecified atom stereocenters. The summed E-state index contributed by atoms with van der Waals surface area (Å²) in [6, 6.07) is 7.33. The summed E-state index contributed by atoms with van der Waals surface area (Å²) in [6.07, 6.45) is 4.57. The van der Waals surface area contributed by atoms with Crippen LogP contribution in [0.3, 0.4) is 0 Å². The second kappa shape index (κ2) is 8.81. The van der Waals surface area contributed by atoms with Crippen molar-refractivity contribution in [2.45, 2.75) is 37.9 Å². The maximum Gasteiger partial charge on any atom is 0.247 e. The first-order chi connectivity index (χ1) is 13.0. The second-order valence-electron chi connectivity index (χ2n) is 6.35. The molecule has 1 heterocycles. The zero-order valence-electron chi connectivity index (χ0n) is 14.7. The molecule has 0 atom stereocenters. The van der Waals surface area contributed by atoms with Gasteiger partial charge in [-0.3, -0.25) is 4.79 Å². The summed E-state index contributed by atoms with van der Waals surface area (Å²) >= 11 is 6.22. The molecular formula is C19H21ClFN5O. The Morgan fingerprint density at radius 2 is 1.93 bits per heavy atom. The first-order valence-electron chi connectivity index (χ1n) is 8.77. The number of hydrogen-bond donors (Lipinski definition) is 3. The van der Waals surface area contributed by atoms with Gasteiger partial charge in [-0.1, -0.05) is 30.3 Å². The predicted octanol–water partition coefficient (Wildman–Crippen LogP) is 4.69. The molecule has 8 heteroatoms. The molecule has 0 saturated heterocycles. The Kier molecular flexibility index (Phi) is 6.24. The number of nitrogens with one attached hydrogen (secondary N) is 3. The number of alkyl halides is 1. The van der Waals surface area contributed by atoms with E-state index in [2.05, 4.69) is 32.5 Å². The fourth-order valence-corrected chi connectivity index (χ4v) is 3.05. The monoisotopic (exact) mass is 389 g/mol. The van der Waals surface area contributed by atoms with Crippen molar-refractivity contribution in [1.82, 2.24) is 9.97 Å². The van der Waals surface area contributed by atoms with Crippen LogP contribution in [0.25, 0.3) is 0 Å². The first kappa shape index (κ1) is 19.1. The van der Waals surface area contributed by atoms with Gasteiger partial charge >= 0.3 is 0 Å². The van der Waals surface area contributed by atoms with Crippen LogP contribution < -0.4 is 16.0 Å². The van der Waals surface area contributed by atoms with Crippen LogP contribution in [0.4, 0.5) is 27.5 Å². The molecule has 1 aromatic carbocycles. The smallest absolute Gasteiger partial charge is 0.247 e. The number of carbonyl (C=O) groups excluding carboxylic acids is 1. The first-order valence-corrected chi connectivity index (χ1v) is 9.15. The van der Waals surface area contributed by atoms with E-state index >= 15 is 0 Å². The number of anilines is 4. The molecule has 0 aliphatic heterocycles. The van der Waals surface area contributed by atoms with Gasteiger partial charge in [0.25, 0.3) is 0 Å². The number of para-hydroxylation sites is 2. The van der Waals surface area contributed by atoms with Crippen molar-refractivity contribution in [2.75, 3.05) is 16.0 Å². The van der Waals surface area contributed by atoms with Gasteiger partial charge in [-0.15, -0.1) is 0 Å². The van der Waals surface area contributed by atoms with E-state index in [-0.39, 0.29) is 11.9 Å². The van der Waals surface area contributed by atoms with Crippen molar-refractivity contribution < 1.29 is 9.18 Å². The highest BCUT2D eigenvalue weighted by atomic mass is 35.5. The van der Waals surface area contributed by atoms with Crippen molar-refractivity contribution in [3.63, 3.8) is 0 Å². The maximum absolute atomic E-state index is 13.3. The van der Waals surface area contributed by atoms with Gasteiger partial charge in [0.15, 0.2) is 5.82 Å². The molecule has 6 nitrogen and oxygen atoms in total. The molecule has 1 aliphatic carbocycles. The van der Waals surface area contributed by atoms with Crippen LogP contribution in [-0.4, -0.2) is 28.1 Å². The van der Waals surface area contributed by atoms with Crippen LogP contribution >= 0.6 is 11.6 Å². The molecule has 142 valence electrons. The SMILES string of the molecule is C=CC(=O)Nc1ccccc1Nc1nc(NC2CCC(F)CC2)ncc1Cl. The number of aromatic nitrogens is 2. The van der Waals surface area contributed by atoms with Crippen LogP contribution in [0, 0.1) is 0 Å². The average molecular weight is 390 g/mol. The van der Waals surface area contributed by atoms with Crippen molar-refractivity contribution in [2.24, 2.45) is 0 Å². The number of carbonyl (C=O) groups is 1. The van der Waals surface area contributed by atoms with E-state index in [0.717, 1.165) is 12.8 Å². The second-order valence-corrected chi connectivity index (χ2v) is 6.75. The lowest BCUT2D eigenvalue weighted by Gasteiger charge is -2.25. The lowest BCUT2D eigenvalue weighted by Crippen LogP contribution is -2.27. The fourth-order valence-electron chi connectivity index (χ4n) is 2.92. The molecule has 0 radical (unpaired) electrons. The molecule has 1 aliphatic rings. The third kappa shape index (κ3) is 5.17. The summed E-state index contributed by atoms with van der Waals surface area (Å²) in [5.74, 6) is 0.523. The van der Waals surface area contributed by atoms with Gasteiger partial charge in [-0.2, -0.15) is 4.98 Å². The van der Waals surface area contributed by atoms with E-state index in [4.69, 9.17) is 11.6 Å². The van der Waals surface area contributed by atoms with E-state index in [1.165, 1.54) is 12.3 Å². The number of hydrogen-bond acceptors (Lipinski definition) is 5. The minimum atomic E-state index is -0.714. The summed E-state index contributed by atoms with van der Waals surface area (Å²) in [4.78, 5) is 20.2. The van der Waals surface area contributed by atoms with Crippen LogP contribution in [0.15, 0.2) is 43.1 Å². The van der Waals surface area contributed by atoms with E-state index in [9.17, 15) is 9.18 Å². The zero-order valence-corrected chi connectivity index (χ0v) is 15.5. The molecule has 3 rings (SSSR count). The maximum atomic E-state index is 13.3. The largest absolute Gasteiger partial charge is 0.351 e. The summed E-state index contributed by atoms with van der Waals surface area (Å²) < 4.78 is 13.3. The molecule has 1 fully saturated rings. The molecule has 0 spiro atoms. The van der Waals surface area contributed by atoms with Gasteiger partial charge in [0.1, 0.15) is 11.2 Å². The summed E-state index contributed by atoms with van der Waals surface area (Å²) in [5, 5.41) is 9.44. The molecule has 1 amide bonds. The van der Waals surface area contributed by atoms with Crippen LogP contribution in [-0.2, 0) is 4.79 Å². The Morgan fingerprint density at radius 1 is 1.22 bits per heavy atom. The molecule has 3 N–H and O–H groups in total. The van der Waals surface area contributed by atoms with E-state index in [1.807, 2.05) is 6.07 Å². The van der Waals surface area contributed by atoms with Gasteiger partial charge in [-0.25, -0.2) is 9.37 Å². The van der Waals surface area contributed by atoms with Gasteiger partial charge in [-0.05, 0) is 43.9 Å². The standard InChI is InChI=1S/C19H21ClFN5O/c1-2-17(27)24-15-5-3-4-6-16(15)25-18-14(20)11-22-19(26-18)23-13-9-7-12(21)8-10-13/h2-6,11-13H,1,7-10H2,(H,24,27)(H2,22,23,25,26). The summed E-state index contributed by atoms with van der Waals surface area (Å²) in [5.41, 5.74) is 1.21. The predicted molar refractivity (Wildman–Crippen MR) is 106 cm³/mol. The van der Waals surface area contributed by atoms with Gasteiger partial charge < -0.3 is 16.0 Å². The highest BCUT2D eigenvalue weighted by Crippen LogP contribution is 2.29. The molecule has 1 saturated carbocycles. The summed E-state index contributed by atoms with van der Waals surface area (Å²) in [7, 11) is 0. The lowest BCUT2D eigenvalue weighted by molar-refractivity contribution is -0.111. The van der Waals surface area contributed by atoms with Gasteiger partial charge in [0.2, 0.25) is 11.9 Å². The number of amides is 1. The van der Waals surface area contributed by atoms with Crippen LogP contribution in [0.1, 0.15) is 25.7 Å². The fraction of sp³-hybridized carbons (Fsp3) is 0.316. The lowest BCUT2D eigenvalue weighted by atomic mass is 9.94. The third-order valence-electron chi connectivity index (χ3n) is 4.36. The van der Waals surface area contributed by atoms with Gasteiger partial charge in [0.05, 0.1) is 17.6 Å². The number of rotatable bonds is 6. The van der Waals surface area contributed by atoms with Crippen LogP contribution in [0.2, 0.25) is 5.02 Å². The molecule has 0 bridgehead atoms. The quantitative estimate of drug-likeness (QED) is 0.624. The number of benzene rings is 1. The Bertz CT molecular complexity index is 823. The Balaban J connectivity index is 1.75. The zero-order chi connectivity index (χ0) is 19.2. The van der Waals surface area contributed by atoms with Crippen molar-refractivity contribution in [3.8, 4) is 0 Å². The van der Waals surface area contributed by atoms with Gasteiger partial charge in [0, 0.05) is 6.04 Å². The Labute approximate surface area is 162 Å². The highest BCUT2D eigenvalue weighted by Gasteiger charge is 2.21. The van der Waals surface area contributed by atoms with Crippen LogP contribution in [0.5, 0.6) is 0 Å². The normalized spacial score (nSPS) is 19.2. The average Bonchev–Trinajstić information content (AvgIpc) is 2.67. The molecule has 1 aromatic heterocycles. The Hall–Kier alpha value is -2.67. The van der Waals surface area contributed by atoms with Crippen molar-refractivity contribution in [1.29, 1.82) is 0 Å². The Morgan fingerprint density at radius 3 is 2.63 bits per heavy atom. The molecule has 2 aromatic rings. The number of nitrogens with zero attached hydrogens (tertiary/aromatic N) is 2. The van der Waals surface area contributed by atoms with E-state index in [0.29, 0.717) is 41.0 Å². The number of halogens is 2. The third-order valence-corrected chi connectivity index (χ3v) is 4.63. The minimum absolute atomic E-state index is 0.144. The van der Waals surface area contributed by atoms with Crippen molar-refractivity contribution in [3.05, 3.63) is 48.1 Å². The molecular weight excluding hydrogens is 369 g/mol.